The van der Waals surface area contributed by atoms with Gasteiger partial charge >= 0.3 is 0 Å². The molecular weight excluding hydrogens is 256 g/mol. The zero-order valence-electron chi connectivity index (χ0n) is 9.57. The number of halogens is 1. The Morgan fingerprint density at radius 2 is 2.35 bits per heavy atom. The van der Waals surface area contributed by atoms with Gasteiger partial charge in [-0.25, -0.2) is 4.98 Å². The van der Waals surface area contributed by atoms with Gasteiger partial charge in [-0.05, 0) is 37.4 Å². The van der Waals surface area contributed by atoms with E-state index >= 15 is 0 Å². The SMILES string of the molecule is C=CCCCOc1nc(Cl)nc2sc(C)cc12. The maximum atomic E-state index is 5.86. The Hall–Kier alpha value is -1.13. The van der Waals surface area contributed by atoms with Crippen LogP contribution in [0, 0.1) is 6.92 Å². The fourth-order valence-electron chi connectivity index (χ4n) is 1.50. The van der Waals surface area contributed by atoms with E-state index in [0.29, 0.717) is 12.5 Å². The Labute approximate surface area is 109 Å². The van der Waals surface area contributed by atoms with E-state index in [1.807, 2.05) is 19.1 Å². The van der Waals surface area contributed by atoms with Gasteiger partial charge in [-0.2, -0.15) is 4.98 Å². The fraction of sp³-hybridized carbons (Fsp3) is 0.333. The zero-order chi connectivity index (χ0) is 12.3. The predicted octanol–water partition coefficient (Wildman–Crippen LogP) is 4.00. The molecular formula is C12H13ClN2OS. The van der Waals surface area contributed by atoms with Crippen molar-refractivity contribution in [2.24, 2.45) is 0 Å². The molecule has 2 rings (SSSR count). The molecule has 0 N–H and O–H groups in total. The number of hydrogen-bond acceptors (Lipinski definition) is 4. The molecule has 0 unspecified atom stereocenters. The summed E-state index contributed by atoms with van der Waals surface area (Å²) in [6.07, 6.45) is 3.74. The van der Waals surface area contributed by atoms with Gasteiger partial charge in [0.05, 0.1) is 12.0 Å². The molecule has 0 saturated carbocycles. The van der Waals surface area contributed by atoms with E-state index in [0.717, 1.165) is 23.1 Å². The average molecular weight is 269 g/mol. The van der Waals surface area contributed by atoms with Crippen molar-refractivity contribution in [3.05, 3.63) is 28.9 Å². The lowest BCUT2D eigenvalue weighted by atomic mass is 10.3. The maximum absolute atomic E-state index is 5.86. The number of allylic oxidation sites excluding steroid dienone is 1. The molecule has 0 spiro atoms. The molecule has 3 nitrogen and oxygen atoms in total. The zero-order valence-corrected chi connectivity index (χ0v) is 11.1. The Balaban J connectivity index is 2.22. The number of unbranched alkanes of at least 4 members (excludes halogenated alkanes) is 1. The number of aryl methyl sites for hydroxylation is 1. The van der Waals surface area contributed by atoms with Crippen molar-refractivity contribution in [3.63, 3.8) is 0 Å². The number of rotatable bonds is 5. The molecule has 5 heteroatoms. The lowest BCUT2D eigenvalue weighted by Crippen LogP contribution is -1.99. The van der Waals surface area contributed by atoms with Gasteiger partial charge in [0.1, 0.15) is 4.83 Å². The van der Waals surface area contributed by atoms with Crippen LogP contribution in [0.3, 0.4) is 0 Å². The lowest BCUT2D eigenvalue weighted by molar-refractivity contribution is 0.304. The van der Waals surface area contributed by atoms with Crippen LogP contribution in [-0.2, 0) is 0 Å². The van der Waals surface area contributed by atoms with Gasteiger partial charge in [0.25, 0.3) is 0 Å². The molecule has 0 aliphatic carbocycles. The summed E-state index contributed by atoms with van der Waals surface area (Å²) in [4.78, 5) is 10.4. The van der Waals surface area contributed by atoms with E-state index in [4.69, 9.17) is 16.3 Å². The Morgan fingerprint density at radius 1 is 1.53 bits per heavy atom. The van der Waals surface area contributed by atoms with Crippen LogP contribution in [0.5, 0.6) is 5.88 Å². The smallest absolute Gasteiger partial charge is 0.227 e. The first-order valence-corrected chi connectivity index (χ1v) is 6.57. The minimum Gasteiger partial charge on any atom is -0.477 e. The third-order valence-electron chi connectivity index (χ3n) is 2.25. The van der Waals surface area contributed by atoms with Crippen molar-refractivity contribution < 1.29 is 4.74 Å². The van der Waals surface area contributed by atoms with Crippen molar-refractivity contribution in [3.8, 4) is 5.88 Å². The molecule has 0 radical (unpaired) electrons. The predicted molar refractivity (Wildman–Crippen MR) is 72.1 cm³/mol. The Morgan fingerprint density at radius 3 is 3.12 bits per heavy atom. The van der Waals surface area contributed by atoms with Gasteiger partial charge in [0, 0.05) is 4.88 Å². The van der Waals surface area contributed by atoms with Crippen molar-refractivity contribution in [2.45, 2.75) is 19.8 Å². The third-order valence-corrected chi connectivity index (χ3v) is 3.36. The van der Waals surface area contributed by atoms with Crippen molar-refractivity contribution in [1.29, 1.82) is 0 Å². The van der Waals surface area contributed by atoms with Crippen LogP contribution in [0.2, 0.25) is 5.28 Å². The first-order chi connectivity index (χ1) is 8.20. The summed E-state index contributed by atoms with van der Waals surface area (Å²) in [5, 5.41) is 1.17. The largest absolute Gasteiger partial charge is 0.477 e. The molecule has 0 bridgehead atoms. The highest BCUT2D eigenvalue weighted by Gasteiger charge is 2.10. The first-order valence-electron chi connectivity index (χ1n) is 5.38. The Bertz CT molecular complexity index is 539. The molecule has 0 aliphatic rings. The van der Waals surface area contributed by atoms with Crippen LogP contribution in [0.15, 0.2) is 18.7 Å². The van der Waals surface area contributed by atoms with Crippen LogP contribution in [0.1, 0.15) is 17.7 Å². The second-order valence-electron chi connectivity index (χ2n) is 3.65. The molecule has 0 fully saturated rings. The van der Waals surface area contributed by atoms with Crippen molar-refractivity contribution in [2.75, 3.05) is 6.61 Å². The van der Waals surface area contributed by atoms with Gasteiger partial charge in [0.15, 0.2) is 0 Å². The second-order valence-corrected chi connectivity index (χ2v) is 5.23. The van der Waals surface area contributed by atoms with Crippen LogP contribution in [0.4, 0.5) is 0 Å². The van der Waals surface area contributed by atoms with Gasteiger partial charge in [-0.15, -0.1) is 17.9 Å². The summed E-state index contributed by atoms with van der Waals surface area (Å²) in [6, 6.07) is 2.03. The van der Waals surface area contributed by atoms with E-state index in [1.54, 1.807) is 11.3 Å². The van der Waals surface area contributed by atoms with E-state index in [2.05, 4.69) is 16.5 Å². The van der Waals surface area contributed by atoms with E-state index in [1.165, 1.54) is 4.88 Å². The first kappa shape index (κ1) is 12.3. The van der Waals surface area contributed by atoms with Gasteiger partial charge in [-0.1, -0.05) is 6.08 Å². The van der Waals surface area contributed by atoms with Crippen LogP contribution < -0.4 is 4.74 Å². The lowest BCUT2D eigenvalue weighted by Gasteiger charge is -2.05. The standard InChI is InChI=1S/C12H13ClN2OS/c1-3-4-5-6-16-10-9-7-8(2)17-11(9)15-12(13)14-10/h3,7H,1,4-6H2,2H3. The number of fused-ring (bicyclic) bond motifs is 1. The summed E-state index contributed by atoms with van der Waals surface area (Å²) < 4.78 is 5.64. The molecule has 0 aliphatic heterocycles. The molecule has 17 heavy (non-hydrogen) atoms. The van der Waals surface area contributed by atoms with Gasteiger partial charge in [0.2, 0.25) is 11.2 Å². The number of aromatic nitrogens is 2. The monoisotopic (exact) mass is 268 g/mol. The van der Waals surface area contributed by atoms with E-state index in [9.17, 15) is 0 Å². The summed E-state index contributed by atoms with van der Waals surface area (Å²) >= 11 is 7.45. The normalized spacial score (nSPS) is 10.7. The minimum atomic E-state index is 0.234. The summed E-state index contributed by atoms with van der Waals surface area (Å²) in [5.74, 6) is 0.577. The molecule has 0 saturated heterocycles. The number of hydrogen-bond donors (Lipinski definition) is 0. The molecule has 2 heterocycles. The molecule has 0 aromatic carbocycles. The van der Waals surface area contributed by atoms with Gasteiger partial charge < -0.3 is 4.74 Å². The highest BCUT2D eigenvalue weighted by Crippen LogP contribution is 2.30. The van der Waals surface area contributed by atoms with Gasteiger partial charge in [-0.3, -0.25) is 0 Å². The fourth-order valence-corrected chi connectivity index (χ4v) is 2.58. The van der Waals surface area contributed by atoms with Crippen LogP contribution >= 0.6 is 22.9 Å². The van der Waals surface area contributed by atoms with Crippen LogP contribution in [-0.4, -0.2) is 16.6 Å². The maximum Gasteiger partial charge on any atom is 0.227 e. The topological polar surface area (TPSA) is 35.0 Å². The molecule has 0 atom stereocenters. The number of ether oxygens (including phenoxy) is 1. The molecule has 2 aromatic rings. The van der Waals surface area contributed by atoms with E-state index < -0.39 is 0 Å². The van der Waals surface area contributed by atoms with Crippen molar-refractivity contribution >= 4 is 33.2 Å². The second kappa shape index (κ2) is 5.47. The molecule has 90 valence electrons. The summed E-state index contributed by atoms with van der Waals surface area (Å²) in [5.41, 5.74) is 0. The number of thiophene rings is 1. The quantitative estimate of drug-likeness (QED) is 0.467. The highest BCUT2D eigenvalue weighted by molar-refractivity contribution is 7.18. The summed E-state index contributed by atoms with van der Waals surface area (Å²) in [7, 11) is 0. The highest BCUT2D eigenvalue weighted by atomic mass is 35.5. The summed E-state index contributed by atoms with van der Waals surface area (Å²) in [6.45, 7) is 6.32. The van der Waals surface area contributed by atoms with Crippen molar-refractivity contribution in [1.82, 2.24) is 9.97 Å². The average Bonchev–Trinajstić information content (AvgIpc) is 2.64. The third kappa shape index (κ3) is 2.96. The minimum absolute atomic E-state index is 0.234. The molecule has 0 amide bonds. The molecule has 2 aromatic heterocycles. The Kier molecular flexibility index (Phi) is 3.97. The number of nitrogens with zero attached hydrogens (tertiary/aromatic N) is 2. The van der Waals surface area contributed by atoms with Crippen LogP contribution in [0.25, 0.3) is 10.2 Å². The van der Waals surface area contributed by atoms with E-state index in [-0.39, 0.29) is 5.28 Å².